The highest BCUT2D eigenvalue weighted by atomic mass is 15.2. The first-order valence-electron chi connectivity index (χ1n) is 7.52. The first-order chi connectivity index (χ1) is 8.04. The zero-order chi connectivity index (χ0) is 12.5. The van der Waals surface area contributed by atoms with Gasteiger partial charge in [0.1, 0.15) is 0 Å². The number of hydrogen-bond acceptors (Lipinski definition) is 2. The molecule has 1 aliphatic heterocycles. The predicted molar refractivity (Wildman–Crippen MR) is 74.2 cm³/mol. The fraction of sp³-hybridized carbons (Fsp3) is 1.00. The van der Waals surface area contributed by atoms with Crippen LogP contribution in [0.15, 0.2) is 0 Å². The molecule has 2 rings (SSSR count). The first kappa shape index (κ1) is 13.4. The average Bonchev–Trinajstić information content (AvgIpc) is 2.57. The predicted octanol–water partition coefficient (Wildman–Crippen LogP) is 2.89. The summed E-state index contributed by atoms with van der Waals surface area (Å²) < 4.78 is 0. The Balaban J connectivity index is 2.00. The van der Waals surface area contributed by atoms with E-state index < -0.39 is 0 Å². The lowest BCUT2D eigenvalue weighted by Crippen LogP contribution is -2.53. The van der Waals surface area contributed by atoms with Crippen LogP contribution < -0.4 is 5.32 Å². The van der Waals surface area contributed by atoms with Crippen molar-refractivity contribution in [1.82, 2.24) is 10.2 Å². The van der Waals surface area contributed by atoms with Crippen LogP contribution in [0.1, 0.15) is 53.4 Å². The van der Waals surface area contributed by atoms with E-state index in [4.69, 9.17) is 0 Å². The zero-order valence-electron chi connectivity index (χ0n) is 12.1. The van der Waals surface area contributed by atoms with Gasteiger partial charge in [-0.05, 0) is 56.7 Å². The van der Waals surface area contributed by atoms with Gasteiger partial charge in [-0.3, -0.25) is 4.90 Å². The van der Waals surface area contributed by atoms with Gasteiger partial charge in [-0.15, -0.1) is 0 Å². The number of nitrogens with zero attached hydrogens (tertiary/aromatic N) is 1. The summed E-state index contributed by atoms with van der Waals surface area (Å²) in [5, 5.41) is 3.75. The Morgan fingerprint density at radius 3 is 2.41 bits per heavy atom. The van der Waals surface area contributed by atoms with Gasteiger partial charge < -0.3 is 5.32 Å². The molecular formula is C15H30N2. The molecule has 1 saturated carbocycles. The SMILES string of the molecule is CCNC1C(N2CCC(C)CC2)CCC1(C)C. The summed E-state index contributed by atoms with van der Waals surface area (Å²) in [5.41, 5.74) is 0.476. The molecule has 17 heavy (non-hydrogen) atoms. The van der Waals surface area contributed by atoms with Crippen molar-refractivity contribution in [2.75, 3.05) is 19.6 Å². The van der Waals surface area contributed by atoms with Crippen molar-refractivity contribution in [3.8, 4) is 0 Å². The number of nitrogens with one attached hydrogen (secondary N) is 1. The topological polar surface area (TPSA) is 15.3 Å². The molecule has 2 atom stereocenters. The number of rotatable bonds is 3. The minimum atomic E-state index is 0.476. The molecular weight excluding hydrogens is 208 g/mol. The van der Waals surface area contributed by atoms with Crippen LogP contribution in [0.2, 0.25) is 0 Å². The fourth-order valence-corrected chi connectivity index (χ4v) is 3.75. The maximum Gasteiger partial charge on any atom is 0.0274 e. The molecule has 2 heteroatoms. The molecule has 0 amide bonds. The van der Waals surface area contributed by atoms with E-state index in [1.54, 1.807) is 0 Å². The molecule has 1 heterocycles. The van der Waals surface area contributed by atoms with Crippen LogP contribution in [0.3, 0.4) is 0 Å². The van der Waals surface area contributed by atoms with Crippen molar-refractivity contribution in [3.63, 3.8) is 0 Å². The molecule has 2 nitrogen and oxygen atoms in total. The number of hydrogen-bond donors (Lipinski definition) is 1. The molecule has 0 radical (unpaired) electrons. The minimum Gasteiger partial charge on any atom is -0.312 e. The summed E-state index contributed by atoms with van der Waals surface area (Å²) in [6.07, 6.45) is 5.56. The van der Waals surface area contributed by atoms with E-state index in [2.05, 4.69) is 37.9 Å². The van der Waals surface area contributed by atoms with Gasteiger partial charge in [0.15, 0.2) is 0 Å². The summed E-state index contributed by atoms with van der Waals surface area (Å²) in [4.78, 5) is 2.77. The van der Waals surface area contributed by atoms with E-state index in [-0.39, 0.29) is 0 Å². The Kier molecular flexibility index (Phi) is 4.14. The van der Waals surface area contributed by atoms with Gasteiger partial charge in [-0.25, -0.2) is 0 Å². The summed E-state index contributed by atoms with van der Waals surface area (Å²) in [6.45, 7) is 13.3. The number of likely N-dealkylation sites (N-methyl/N-ethyl adjacent to an activating group) is 1. The molecule has 0 aromatic rings. The molecule has 0 bridgehead atoms. The monoisotopic (exact) mass is 238 g/mol. The molecule has 2 unspecified atom stereocenters. The van der Waals surface area contributed by atoms with Crippen molar-refractivity contribution in [2.24, 2.45) is 11.3 Å². The summed E-state index contributed by atoms with van der Waals surface area (Å²) >= 11 is 0. The first-order valence-corrected chi connectivity index (χ1v) is 7.52. The third-order valence-electron chi connectivity index (χ3n) is 5.02. The van der Waals surface area contributed by atoms with Crippen LogP contribution in [-0.2, 0) is 0 Å². The van der Waals surface area contributed by atoms with Crippen LogP contribution in [0.5, 0.6) is 0 Å². The van der Waals surface area contributed by atoms with E-state index in [1.165, 1.54) is 38.8 Å². The molecule has 1 saturated heterocycles. The Hall–Kier alpha value is -0.0800. The third-order valence-corrected chi connectivity index (χ3v) is 5.02. The molecule has 2 aliphatic rings. The van der Waals surface area contributed by atoms with Gasteiger partial charge >= 0.3 is 0 Å². The largest absolute Gasteiger partial charge is 0.312 e. The molecule has 100 valence electrons. The Labute approximate surface area is 107 Å². The van der Waals surface area contributed by atoms with Crippen molar-refractivity contribution in [1.29, 1.82) is 0 Å². The van der Waals surface area contributed by atoms with Gasteiger partial charge in [0.05, 0.1) is 0 Å². The average molecular weight is 238 g/mol. The summed E-state index contributed by atoms with van der Waals surface area (Å²) in [5.74, 6) is 0.943. The van der Waals surface area contributed by atoms with Crippen LogP contribution in [0.25, 0.3) is 0 Å². The lowest BCUT2D eigenvalue weighted by atomic mass is 9.85. The standard InChI is InChI=1S/C15H30N2/c1-5-16-14-13(6-9-15(14,3)4)17-10-7-12(2)8-11-17/h12-14,16H,5-11H2,1-4H3. The smallest absolute Gasteiger partial charge is 0.0274 e. The lowest BCUT2D eigenvalue weighted by Gasteiger charge is -2.40. The molecule has 0 spiro atoms. The van der Waals surface area contributed by atoms with Crippen LogP contribution in [-0.4, -0.2) is 36.6 Å². The van der Waals surface area contributed by atoms with Crippen LogP contribution >= 0.6 is 0 Å². The van der Waals surface area contributed by atoms with Gasteiger partial charge in [0, 0.05) is 12.1 Å². The highest BCUT2D eigenvalue weighted by Gasteiger charge is 2.44. The maximum atomic E-state index is 3.75. The zero-order valence-corrected chi connectivity index (χ0v) is 12.1. The highest BCUT2D eigenvalue weighted by Crippen LogP contribution is 2.40. The number of likely N-dealkylation sites (tertiary alicyclic amines) is 1. The van der Waals surface area contributed by atoms with Crippen molar-refractivity contribution < 1.29 is 0 Å². The van der Waals surface area contributed by atoms with E-state index in [1.807, 2.05) is 0 Å². The maximum absolute atomic E-state index is 3.75. The van der Waals surface area contributed by atoms with Crippen LogP contribution in [0.4, 0.5) is 0 Å². The summed E-state index contributed by atoms with van der Waals surface area (Å²) in [6, 6.07) is 1.48. The van der Waals surface area contributed by atoms with E-state index >= 15 is 0 Å². The van der Waals surface area contributed by atoms with Crippen LogP contribution in [0, 0.1) is 11.3 Å². The third kappa shape index (κ3) is 2.85. The number of piperidine rings is 1. The van der Waals surface area contributed by atoms with Gasteiger partial charge in [-0.1, -0.05) is 27.7 Å². The molecule has 0 aromatic carbocycles. The quantitative estimate of drug-likeness (QED) is 0.813. The Morgan fingerprint density at radius 1 is 1.18 bits per heavy atom. The van der Waals surface area contributed by atoms with Gasteiger partial charge in [-0.2, -0.15) is 0 Å². The van der Waals surface area contributed by atoms with Crippen molar-refractivity contribution in [2.45, 2.75) is 65.5 Å². The Morgan fingerprint density at radius 2 is 1.82 bits per heavy atom. The molecule has 0 aromatic heterocycles. The van der Waals surface area contributed by atoms with E-state index in [9.17, 15) is 0 Å². The van der Waals surface area contributed by atoms with Crippen molar-refractivity contribution in [3.05, 3.63) is 0 Å². The second-order valence-electron chi connectivity index (χ2n) is 6.85. The summed E-state index contributed by atoms with van der Waals surface area (Å²) in [7, 11) is 0. The van der Waals surface area contributed by atoms with Gasteiger partial charge in [0.2, 0.25) is 0 Å². The fourth-order valence-electron chi connectivity index (χ4n) is 3.75. The lowest BCUT2D eigenvalue weighted by molar-refractivity contribution is 0.106. The highest BCUT2D eigenvalue weighted by molar-refractivity contribution is 5.01. The van der Waals surface area contributed by atoms with E-state index in [0.29, 0.717) is 11.5 Å². The van der Waals surface area contributed by atoms with E-state index in [0.717, 1.165) is 18.5 Å². The molecule has 2 fully saturated rings. The van der Waals surface area contributed by atoms with Crippen molar-refractivity contribution >= 4 is 0 Å². The molecule has 1 aliphatic carbocycles. The van der Waals surface area contributed by atoms with Gasteiger partial charge in [0.25, 0.3) is 0 Å². The molecule has 1 N–H and O–H groups in total. The second kappa shape index (κ2) is 5.27. The second-order valence-corrected chi connectivity index (χ2v) is 6.85. The Bertz CT molecular complexity index is 241. The normalized spacial score (nSPS) is 35.3. The minimum absolute atomic E-state index is 0.476.